The van der Waals surface area contributed by atoms with Crippen LogP contribution in [0.4, 0.5) is 17.1 Å². The van der Waals surface area contributed by atoms with Crippen LogP contribution in [-0.4, -0.2) is 11.3 Å². The number of rotatable bonds is 3. The van der Waals surface area contributed by atoms with Crippen molar-refractivity contribution in [2.75, 3.05) is 10.2 Å². The van der Waals surface area contributed by atoms with Crippen LogP contribution in [0.3, 0.4) is 0 Å². The number of aliphatic hydroxyl groups excluding tert-OH is 1. The minimum atomic E-state index is -0.269. The zero-order valence-electron chi connectivity index (χ0n) is 26.1. The van der Waals surface area contributed by atoms with E-state index in [1.165, 1.54) is 16.7 Å². The van der Waals surface area contributed by atoms with Gasteiger partial charge in [-0.2, -0.15) is 0 Å². The predicted octanol–water partition coefficient (Wildman–Crippen LogP) is 11.2. The smallest absolute Gasteiger partial charge is 0.133 e. The Hall–Kier alpha value is -2.98. The molecule has 2 aliphatic rings. The number of benzene rings is 3. The van der Waals surface area contributed by atoms with Crippen LogP contribution < -0.4 is 10.2 Å². The molecule has 1 aliphatic heterocycles. The third kappa shape index (κ3) is 5.60. The highest BCUT2D eigenvalue weighted by Gasteiger charge is 2.42. The first-order chi connectivity index (χ1) is 19.1. The van der Waals surface area contributed by atoms with Crippen molar-refractivity contribution in [3.63, 3.8) is 0 Å². The SMILES string of the molecule is CC(C)(C)C1=C(O)C(C2Nc3c(Br)cccc3N2c2ccc(C(C)(C)C)cc2-c2ccccc2)=CC(C(C)(C)C)C1. The van der Waals surface area contributed by atoms with Gasteiger partial charge in [0, 0.05) is 15.6 Å². The number of aliphatic hydroxyl groups is 1. The van der Waals surface area contributed by atoms with E-state index in [2.05, 4.69) is 161 Å². The Bertz CT molecular complexity index is 1510. The minimum Gasteiger partial charge on any atom is -0.508 e. The van der Waals surface area contributed by atoms with Crippen molar-refractivity contribution in [2.24, 2.45) is 16.7 Å². The lowest BCUT2D eigenvalue weighted by Crippen LogP contribution is -2.38. The first-order valence-corrected chi connectivity index (χ1v) is 15.6. The van der Waals surface area contributed by atoms with Gasteiger partial charge in [-0.1, -0.05) is 111 Å². The Morgan fingerprint density at radius 3 is 2.10 bits per heavy atom. The molecule has 0 saturated heterocycles. The van der Waals surface area contributed by atoms with Gasteiger partial charge < -0.3 is 15.3 Å². The van der Waals surface area contributed by atoms with Crippen molar-refractivity contribution < 1.29 is 5.11 Å². The highest BCUT2D eigenvalue weighted by molar-refractivity contribution is 9.10. The molecule has 0 amide bonds. The fourth-order valence-corrected chi connectivity index (χ4v) is 6.50. The number of hydrogen-bond acceptors (Lipinski definition) is 3. The fraction of sp³-hybridized carbons (Fsp3) is 0.405. The Labute approximate surface area is 255 Å². The van der Waals surface area contributed by atoms with Crippen LogP contribution in [-0.2, 0) is 5.41 Å². The number of nitrogens with one attached hydrogen (secondary N) is 1. The topological polar surface area (TPSA) is 35.5 Å². The molecule has 0 fully saturated rings. The molecule has 2 atom stereocenters. The van der Waals surface area contributed by atoms with Gasteiger partial charge in [-0.3, -0.25) is 0 Å². The van der Waals surface area contributed by atoms with E-state index in [1.807, 2.05) is 0 Å². The van der Waals surface area contributed by atoms with E-state index in [0.717, 1.165) is 39.1 Å². The Morgan fingerprint density at radius 1 is 0.805 bits per heavy atom. The van der Waals surface area contributed by atoms with Gasteiger partial charge in [0.1, 0.15) is 11.9 Å². The summed E-state index contributed by atoms with van der Waals surface area (Å²) < 4.78 is 1.01. The average Bonchev–Trinajstić information content (AvgIpc) is 3.27. The first-order valence-electron chi connectivity index (χ1n) is 14.8. The number of halogens is 1. The van der Waals surface area contributed by atoms with Gasteiger partial charge in [0.05, 0.1) is 17.1 Å². The summed E-state index contributed by atoms with van der Waals surface area (Å²) in [5.74, 6) is 0.729. The highest BCUT2D eigenvalue weighted by atomic mass is 79.9. The zero-order chi connectivity index (χ0) is 29.9. The standard InChI is InChI=1S/C37H45BrN2O/c1-35(2,3)24-18-19-30(26(20-24)23-14-11-10-12-15-23)40-31-17-13-16-29(38)32(31)39-34(40)27-21-25(36(4,5)6)22-28(33(27)41)37(7,8)9/h10-21,25,34,39,41H,22H2,1-9H3. The number of anilines is 3. The van der Waals surface area contributed by atoms with Crippen molar-refractivity contribution in [1.82, 2.24) is 0 Å². The first kappa shape index (κ1) is 29.5. The summed E-state index contributed by atoms with van der Waals surface area (Å²) in [7, 11) is 0. The Morgan fingerprint density at radius 2 is 1.49 bits per heavy atom. The molecule has 0 saturated carbocycles. The van der Waals surface area contributed by atoms with Crippen LogP contribution in [0.25, 0.3) is 11.1 Å². The number of hydrogen-bond donors (Lipinski definition) is 2. The van der Waals surface area contributed by atoms with E-state index in [4.69, 9.17) is 0 Å². The van der Waals surface area contributed by atoms with Crippen LogP contribution >= 0.6 is 15.9 Å². The average molecular weight is 614 g/mol. The summed E-state index contributed by atoms with van der Waals surface area (Å²) in [5, 5.41) is 15.8. The van der Waals surface area contributed by atoms with Gasteiger partial charge in [0.2, 0.25) is 0 Å². The second kappa shape index (κ2) is 10.4. The summed E-state index contributed by atoms with van der Waals surface area (Å²) in [6, 6.07) is 23.9. The van der Waals surface area contributed by atoms with Gasteiger partial charge in [0.25, 0.3) is 0 Å². The highest BCUT2D eigenvalue weighted by Crippen LogP contribution is 2.52. The molecule has 2 unspecified atom stereocenters. The van der Waals surface area contributed by atoms with E-state index in [-0.39, 0.29) is 22.4 Å². The van der Waals surface area contributed by atoms with Gasteiger partial charge >= 0.3 is 0 Å². The quantitative estimate of drug-likeness (QED) is 0.309. The van der Waals surface area contributed by atoms with Crippen molar-refractivity contribution in [2.45, 2.75) is 80.3 Å². The maximum atomic E-state index is 12.0. The third-order valence-corrected chi connectivity index (χ3v) is 9.33. The second-order valence-corrected chi connectivity index (χ2v) is 15.6. The summed E-state index contributed by atoms with van der Waals surface area (Å²) in [4.78, 5) is 2.39. The molecule has 5 rings (SSSR count). The Kier molecular flexibility index (Phi) is 7.47. The summed E-state index contributed by atoms with van der Waals surface area (Å²) in [6.07, 6.45) is 2.93. The molecular formula is C37H45BrN2O. The molecule has 216 valence electrons. The normalized spacial score (nSPS) is 19.7. The third-order valence-electron chi connectivity index (χ3n) is 8.67. The largest absolute Gasteiger partial charge is 0.508 e. The number of nitrogens with zero attached hydrogens (tertiary/aromatic N) is 1. The molecule has 3 nitrogen and oxygen atoms in total. The van der Waals surface area contributed by atoms with E-state index in [1.54, 1.807) is 0 Å². The molecular weight excluding hydrogens is 568 g/mol. The van der Waals surface area contributed by atoms with Crippen molar-refractivity contribution in [1.29, 1.82) is 0 Å². The molecule has 0 aromatic heterocycles. The van der Waals surface area contributed by atoms with Crippen LogP contribution in [0.15, 0.2) is 94.2 Å². The lowest BCUT2D eigenvalue weighted by atomic mass is 9.68. The molecule has 1 heterocycles. The van der Waals surface area contributed by atoms with Crippen LogP contribution in [0.5, 0.6) is 0 Å². The molecule has 3 aromatic carbocycles. The molecule has 1 aliphatic carbocycles. The van der Waals surface area contributed by atoms with Gasteiger partial charge in [0.15, 0.2) is 0 Å². The monoisotopic (exact) mass is 612 g/mol. The van der Waals surface area contributed by atoms with Crippen LogP contribution in [0, 0.1) is 16.7 Å². The van der Waals surface area contributed by atoms with E-state index >= 15 is 0 Å². The van der Waals surface area contributed by atoms with Crippen LogP contribution in [0.2, 0.25) is 0 Å². The molecule has 0 radical (unpaired) electrons. The van der Waals surface area contributed by atoms with E-state index in [0.29, 0.717) is 11.7 Å². The maximum Gasteiger partial charge on any atom is 0.133 e. The summed E-state index contributed by atoms with van der Waals surface area (Å²) in [6.45, 7) is 20.3. The lowest BCUT2D eigenvalue weighted by molar-refractivity contribution is 0.257. The summed E-state index contributed by atoms with van der Waals surface area (Å²) in [5.41, 5.74) is 8.90. The summed E-state index contributed by atoms with van der Waals surface area (Å²) >= 11 is 3.82. The van der Waals surface area contributed by atoms with Gasteiger partial charge in [-0.15, -0.1) is 0 Å². The lowest BCUT2D eigenvalue weighted by Gasteiger charge is -2.40. The van der Waals surface area contributed by atoms with Gasteiger partial charge in [-0.25, -0.2) is 0 Å². The van der Waals surface area contributed by atoms with E-state index in [9.17, 15) is 5.11 Å². The minimum absolute atomic E-state index is 0.0140. The zero-order valence-corrected chi connectivity index (χ0v) is 27.6. The van der Waals surface area contributed by atoms with Crippen molar-refractivity contribution >= 4 is 33.0 Å². The molecule has 3 aromatic rings. The van der Waals surface area contributed by atoms with Gasteiger partial charge in [-0.05, 0) is 85.5 Å². The molecule has 4 heteroatoms. The second-order valence-electron chi connectivity index (χ2n) is 14.8. The number of allylic oxidation sites excluding steroid dienone is 2. The molecule has 0 spiro atoms. The molecule has 2 N–H and O–H groups in total. The Balaban J connectivity index is 1.78. The fourth-order valence-electron chi connectivity index (χ4n) is 6.03. The molecule has 41 heavy (non-hydrogen) atoms. The van der Waals surface area contributed by atoms with E-state index < -0.39 is 0 Å². The predicted molar refractivity (Wildman–Crippen MR) is 179 cm³/mol. The molecule has 0 bridgehead atoms. The number of para-hydroxylation sites is 1. The maximum absolute atomic E-state index is 12.0. The van der Waals surface area contributed by atoms with Crippen molar-refractivity contribution in [3.8, 4) is 11.1 Å². The number of fused-ring (bicyclic) bond motifs is 1. The van der Waals surface area contributed by atoms with Crippen molar-refractivity contribution in [3.05, 3.63) is 99.7 Å². The van der Waals surface area contributed by atoms with Crippen LogP contribution in [0.1, 0.15) is 74.3 Å².